The summed E-state index contributed by atoms with van der Waals surface area (Å²) in [5, 5.41) is 21.3. The smallest absolute Gasteiger partial charge is 0.203 e. The second-order valence-corrected chi connectivity index (χ2v) is 3.88. The average molecular weight is 184 g/mol. The van der Waals surface area contributed by atoms with Gasteiger partial charge in [0.05, 0.1) is 7.05 Å². The third-order valence-electron chi connectivity index (χ3n) is 2.42. The lowest BCUT2D eigenvalue weighted by Gasteiger charge is -2.26. The zero-order chi connectivity index (χ0) is 10.1. The molecule has 0 spiro atoms. The van der Waals surface area contributed by atoms with Crippen LogP contribution in [0.3, 0.4) is 0 Å². The number of rotatable bonds is 3. The fourth-order valence-corrected chi connectivity index (χ4v) is 0.951. The third-order valence-corrected chi connectivity index (χ3v) is 2.42. The van der Waals surface area contributed by atoms with Gasteiger partial charge in [-0.1, -0.05) is 20.8 Å². The van der Waals surface area contributed by atoms with Gasteiger partial charge in [0.2, 0.25) is 5.82 Å². The van der Waals surface area contributed by atoms with Crippen molar-refractivity contribution >= 4 is 0 Å². The first kappa shape index (κ1) is 10.1. The first-order valence-electron chi connectivity index (χ1n) is 4.39. The Hall–Kier alpha value is -0.970. The van der Waals surface area contributed by atoms with E-state index in [1.54, 1.807) is 7.05 Å². The molecular formula is C8H16N4O. The summed E-state index contributed by atoms with van der Waals surface area (Å²) in [6.45, 7) is 5.99. The molecule has 0 aliphatic carbocycles. The Kier molecular flexibility index (Phi) is 2.66. The highest BCUT2D eigenvalue weighted by molar-refractivity contribution is 4.92. The van der Waals surface area contributed by atoms with Gasteiger partial charge in [0.15, 0.2) is 0 Å². The molecule has 1 aromatic rings. The molecule has 1 heterocycles. The Morgan fingerprint density at radius 3 is 2.54 bits per heavy atom. The van der Waals surface area contributed by atoms with Crippen molar-refractivity contribution < 1.29 is 5.11 Å². The van der Waals surface area contributed by atoms with Gasteiger partial charge in [0.1, 0.15) is 6.10 Å². The van der Waals surface area contributed by atoms with Crippen molar-refractivity contribution in [3.8, 4) is 0 Å². The van der Waals surface area contributed by atoms with Crippen LogP contribution >= 0.6 is 0 Å². The van der Waals surface area contributed by atoms with Gasteiger partial charge in [0, 0.05) is 0 Å². The molecule has 74 valence electrons. The van der Waals surface area contributed by atoms with E-state index in [1.807, 2.05) is 20.8 Å². The SMILES string of the molecule is CCC(C)(C)C(O)c1nnn(C)n1. The summed E-state index contributed by atoms with van der Waals surface area (Å²) in [6, 6.07) is 0. The van der Waals surface area contributed by atoms with Gasteiger partial charge in [-0.3, -0.25) is 0 Å². The Morgan fingerprint density at radius 1 is 1.54 bits per heavy atom. The number of aryl methyl sites for hydroxylation is 1. The van der Waals surface area contributed by atoms with Crippen LogP contribution in [0.1, 0.15) is 39.1 Å². The van der Waals surface area contributed by atoms with Gasteiger partial charge >= 0.3 is 0 Å². The molecule has 0 aliphatic rings. The Morgan fingerprint density at radius 2 is 2.15 bits per heavy atom. The van der Waals surface area contributed by atoms with Crippen LogP contribution < -0.4 is 0 Å². The molecule has 5 heteroatoms. The Bertz CT molecular complexity index is 281. The third kappa shape index (κ3) is 2.03. The molecule has 5 nitrogen and oxygen atoms in total. The Labute approximate surface area is 77.8 Å². The van der Waals surface area contributed by atoms with E-state index < -0.39 is 6.10 Å². The van der Waals surface area contributed by atoms with Crippen LogP contribution in [0.2, 0.25) is 0 Å². The Balaban J connectivity index is 2.84. The zero-order valence-electron chi connectivity index (χ0n) is 8.52. The molecule has 0 amide bonds. The van der Waals surface area contributed by atoms with Crippen molar-refractivity contribution in [2.75, 3.05) is 0 Å². The van der Waals surface area contributed by atoms with E-state index in [1.165, 1.54) is 4.80 Å². The van der Waals surface area contributed by atoms with Gasteiger partial charge < -0.3 is 5.11 Å². The van der Waals surface area contributed by atoms with Crippen LogP contribution in [0.15, 0.2) is 0 Å². The second kappa shape index (κ2) is 3.41. The lowest BCUT2D eigenvalue weighted by Crippen LogP contribution is -2.22. The first-order valence-corrected chi connectivity index (χ1v) is 4.39. The lowest BCUT2D eigenvalue weighted by molar-refractivity contribution is 0.0390. The minimum Gasteiger partial charge on any atom is -0.384 e. The normalized spacial score (nSPS) is 14.5. The first-order chi connectivity index (χ1) is 5.97. The van der Waals surface area contributed by atoms with Crippen LogP contribution in [0.5, 0.6) is 0 Å². The zero-order valence-corrected chi connectivity index (χ0v) is 8.52. The highest BCUT2D eigenvalue weighted by atomic mass is 16.3. The molecule has 1 aromatic heterocycles. The summed E-state index contributed by atoms with van der Waals surface area (Å²) in [4.78, 5) is 1.35. The molecular weight excluding hydrogens is 168 g/mol. The van der Waals surface area contributed by atoms with Gasteiger partial charge in [0.25, 0.3) is 0 Å². The van der Waals surface area contributed by atoms with Gasteiger partial charge in [-0.05, 0) is 17.0 Å². The van der Waals surface area contributed by atoms with Crippen LogP contribution in [0.4, 0.5) is 0 Å². The number of aliphatic hydroxyl groups excluding tert-OH is 1. The highest BCUT2D eigenvalue weighted by Crippen LogP contribution is 2.33. The van der Waals surface area contributed by atoms with Crippen molar-refractivity contribution in [3.05, 3.63) is 5.82 Å². The quantitative estimate of drug-likeness (QED) is 0.750. The van der Waals surface area contributed by atoms with Crippen molar-refractivity contribution in [2.45, 2.75) is 33.3 Å². The average Bonchev–Trinajstić information content (AvgIpc) is 2.50. The van der Waals surface area contributed by atoms with E-state index >= 15 is 0 Å². The lowest BCUT2D eigenvalue weighted by atomic mass is 9.83. The molecule has 1 rings (SSSR count). The van der Waals surface area contributed by atoms with Crippen molar-refractivity contribution in [2.24, 2.45) is 12.5 Å². The number of aliphatic hydroxyl groups is 1. The molecule has 13 heavy (non-hydrogen) atoms. The second-order valence-electron chi connectivity index (χ2n) is 3.88. The van der Waals surface area contributed by atoms with Crippen LogP contribution in [-0.2, 0) is 7.05 Å². The van der Waals surface area contributed by atoms with E-state index in [9.17, 15) is 5.11 Å². The van der Waals surface area contributed by atoms with E-state index in [0.717, 1.165) is 6.42 Å². The number of hydrogen-bond donors (Lipinski definition) is 1. The van der Waals surface area contributed by atoms with Crippen LogP contribution in [-0.4, -0.2) is 25.3 Å². The van der Waals surface area contributed by atoms with Crippen molar-refractivity contribution in [1.29, 1.82) is 0 Å². The van der Waals surface area contributed by atoms with Gasteiger partial charge in [-0.2, -0.15) is 4.80 Å². The van der Waals surface area contributed by atoms with E-state index in [0.29, 0.717) is 5.82 Å². The number of tetrazole rings is 1. The van der Waals surface area contributed by atoms with Crippen LogP contribution in [0, 0.1) is 5.41 Å². The summed E-state index contributed by atoms with van der Waals surface area (Å²) < 4.78 is 0. The summed E-state index contributed by atoms with van der Waals surface area (Å²) in [6.07, 6.45) is 0.220. The minimum atomic E-state index is -0.647. The molecule has 0 radical (unpaired) electrons. The van der Waals surface area contributed by atoms with E-state index in [4.69, 9.17) is 0 Å². The van der Waals surface area contributed by atoms with E-state index in [2.05, 4.69) is 15.4 Å². The van der Waals surface area contributed by atoms with Gasteiger partial charge in [-0.15, -0.1) is 10.2 Å². The number of hydrogen-bond acceptors (Lipinski definition) is 4. The molecule has 0 saturated carbocycles. The van der Waals surface area contributed by atoms with Crippen LogP contribution in [0.25, 0.3) is 0 Å². The molecule has 1 unspecified atom stereocenters. The number of nitrogens with zero attached hydrogens (tertiary/aromatic N) is 4. The largest absolute Gasteiger partial charge is 0.384 e. The maximum atomic E-state index is 9.88. The molecule has 1 N–H and O–H groups in total. The maximum Gasteiger partial charge on any atom is 0.203 e. The number of aromatic nitrogens is 4. The maximum absolute atomic E-state index is 9.88. The topological polar surface area (TPSA) is 63.8 Å². The fraction of sp³-hybridized carbons (Fsp3) is 0.875. The van der Waals surface area contributed by atoms with Crippen molar-refractivity contribution in [1.82, 2.24) is 20.2 Å². The van der Waals surface area contributed by atoms with E-state index in [-0.39, 0.29) is 5.41 Å². The molecule has 1 atom stereocenters. The summed E-state index contributed by atoms with van der Waals surface area (Å²) >= 11 is 0. The summed E-state index contributed by atoms with van der Waals surface area (Å²) in [5.74, 6) is 0.398. The fourth-order valence-electron chi connectivity index (χ4n) is 0.951. The molecule has 0 bridgehead atoms. The van der Waals surface area contributed by atoms with Gasteiger partial charge in [-0.25, -0.2) is 0 Å². The monoisotopic (exact) mass is 184 g/mol. The standard InChI is InChI=1S/C8H16N4O/c1-5-8(2,3)6(13)7-9-11-12(4)10-7/h6,13H,5H2,1-4H3. The summed E-state index contributed by atoms with van der Waals surface area (Å²) in [5.41, 5.74) is -0.205. The highest BCUT2D eigenvalue weighted by Gasteiger charge is 2.30. The molecule has 0 saturated heterocycles. The molecule has 0 aromatic carbocycles. The predicted octanol–water partition coefficient (Wildman–Crippen LogP) is 0.680. The molecule has 0 aliphatic heterocycles. The predicted molar refractivity (Wildman–Crippen MR) is 47.8 cm³/mol. The molecule has 0 fully saturated rings. The minimum absolute atomic E-state index is 0.205. The summed E-state index contributed by atoms with van der Waals surface area (Å²) in [7, 11) is 1.68. The van der Waals surface area contributed by atoms with Crippen molar-refractivity contribution in [3.63, 3.8) is 0 Å².